The summed E-state index contributed by atoms with van der Waals surface area (Å²) in [5, 5.41) is 0. The molecular weight excluding hydrogens is 548 g/mol. The predicted octanol–water partition coefficient (Wildman–Crippen LogP) is 3.99. The van der Waals surface area contributed by atoms with Crippen molar-refractivity contribution in [2.45, 2.75) is 117 Å². The largest absolute Gasteiger partial charge is 0.457 e. The van der Waals surface area contributed by atoms with E-state index in [0.29, 0.717) is 52.9 Å². The highest BCUT2D eigenvalue weighted by molar-refractivity contribution is 5.81. The molecule has 0 aliphatic rings. The van der Waals surface area contributed by atoms with Crippen LogP contribution in [-0.4, -0.2) is 127 Å². The Kier molecular flexibility index (Phi) is 24.5. The molecule has 9 atom stereocenters. The van der Waals surface area contributed by atoms with Crippen molar-refractivity contribution >= 4 is 5.97 Å². The van der Waals surface area contributed by atoms with Crippen LogP contribution < -0.4 is 0 Å². The molecule has 11 nitrogen and oxygen atoms in total. The molecule has 9 unspecified atom stereocenters. The molecule has 0 spiro atoms. The number of methoxy groups -OCH3 is 1. The van der Waals surface area contributed by atoms with Crippen molar-refractivity contribution in [2.24, 2.45) is 0 Å². The van der Waals surface area contributed by atoms with E-state index in [1.54, 1.807) is 14.0 Å². The first-order valence-corrected chi connectivity index (χ1v) is 15.1. The monoisotopic (exact) mass is 608 g/mol. The highest BCUT2D eigenvalue weighted by atomic mass is 16.6. The molecule has 0 aromatic rings. The van der Waals surface area contributed by atoms with Crippen molar-refractivity contribution in [3.63, 3.8) is 0 Å². The third-order valence-corrected chi connectivity index (χ3v) is 5.81. The Morgan fingerprint density at radius 1 is 0.452 bits per heavy atom. The normalized spacial score (nSPS) is 18.3. The van der Waals surface area contributed by atoms with Crippen molar-refractivity contribution in [3.05, 3.63) is 12.7 Å². The van der Waals surface area contributed by atoms with Gasteiger partial charge in [-0.05, 0) is 62.3 Å². The van der Waals surface area contributed by atoms with E-state index in [9.17, 15) is 4.79 Å². The molecule has 0 aliphatic heterocycles. The maximum Gasteiger partial charge on any atom is 0.330 e. The number of carbonyl (C=O) groups is 1. The zero-order valence-corrected chi connectivity index (χ0v) is 27.8. The van der Waals surface area contributed by atoms with Crippen LogP contribution in [0.25, 0.3) is 0 Å². The van der Waals surface area contributed by atoms with Crippen LogP contribution in [-0.2, 0) is 52.2 Å². The van der Waals surface area contributed by atoms with E-state index in [2.05, 4.69) is 6.58 Å². The summed E-state index contributed by atoms with van der Waals surface area (Å²) in [5.74, 6) is -0.464. The van der Waals surface area contributed by atoms with Gasteiger partial charge in [0, 0.05) is 13.2 Å². The second-order valence-corrected chi connectivity index (χ2v) is 11.1. The molecule has 0 amide bonds. The van der Waals surface area contributed by atoms with Gasteiger partial charge in [-0.2, -0.15) is 0 Å². The SMILES string of the molecule is C=CC(=O)OC(C)COC(C)COC(C)COC(C)COC(C)COC(C)COC(C)COC(C)COC(C)COC. The molecule has 0 bridgehead atoms. The second kappa shape index (κ2) is 25.2. The standard InChI is InChI=1S/C31H60O11/c1-12-31(32)42-30(10)21-41-29(9)20-40-28(8)19-39-27(7)18-38-26(6)17-37-25(5)16-36-24(4)15-35-23(3)14-34-22(2)13-33-11/h12,22-30H,1,13-21H2,2-11H3. The maximum atomic E-state index is 11.2. The van der Waals surface area contributed by atoms with E-state index in [1.807, 2.05) is 55.4 Å². The maximum absolute atomic E-state index is 11.2. The summed E-state index contributed by atoms with van der Waals surface area (Å²) in [6, 6.07) is 0. The molecule has 250 valence electrons. The average molecular weight is 609 g/mol. The van der Waals surface area contributed by atoms with Gasteiger partial charge >= 0.3 is 5.97 Å². The van der Waals surface area contributed by atoms with Gasteiger partial charge in [0.05, 0.1) is 108 Å². The van der Waals surface area contributed by atoms with Crippen molar-refractivity contribution in [3.8, 4) is 0 Å². The third-order valence-electron chi connectivity index (χ3n) is 5.81. The fraction of sp³-hybridized carbons (Fsp3) is 0.903. The van der Waals surface area contributed by atoms with Gasteiger partial charge in [-0.25, -0.2) is 4.79 Å². The first-order chi connectivity index (χ1) is 19.9. The van der Waals surface area contributed by atoms with Gasteiger partial charge in [-0.3, -0.25) is 0 Å². The summed E-state index contributed by atoms with van der Waals surface area (Å²) >= 11 is 0. The highest BCUT2D eigenvalue weighted by Crippen LogP contribution is 2.06. The quantitative estimate of drug-likeness (QED) is 0.0950. The van der Waals surface area contributed by atoms with E-state index in [0.717, 1.165) is 6.08 Å². The smallest absolute Gasteiger partial charge is 0.330 e. The van der Waals surface area contributed by atoms with Crippen LogP contribution in [0.1, 0.15) is 62.3 Å². The van der Waals surface area contributed by atoms with Gasteiger partial charge in [0.1, 0.15) is 6.10 Å². The van der Waals surface area contributed by atoms with Gasteiger partial charge in [0.25, 0.3) is 0 Å². The minimum Gasteiger partial charge on any atom is -0.457 e. The average Bonchev–Trinajstić information content (AvgIpc) is 2.96. The summed E-state index contributed by atoms with van der Waals surface area (Å²) < 4.78 is 56.6. The number of ether oxygens (including phenoxy) is 10. The summed E-state index contributed by atoms with van der Waals surface area (Å²) in [4.78, 5) is 11.2. The molecule has 0 aromatic heterocycles. The molecule has 0 aliphatic carbocycles. The summed E-state index contributed by atoms with van der Waals surface area (Å²) in [5.41, 5.74) is 0. The van der Waals surface area contributed by atoms with Crippen LogP contribution in [0.2, 0.25) is 0 Å². The zero-order chi connectivity index (χ0) is 31.9. The number of hydrogen-bond acceptors (Lipinski definition) is 11. The Bertz CT molecular complexity index is 665. The van der Waals surface area contributed by atoms with E-state index < -0.39 is 5.97 Å². The van der Waals surface area contributed by atoms with E-state index >= 15 is 0 Å². The zero-order valence-electron chi connectivity index (χ0n) is 27.8. The van der Waals surface area contributed by atoms with Crippen molar-refractivity contribution in [2.75, 3.05) is 66.6 Å². The summed E-state index contributed by atoms with van der Waals surface area (Å²) in [7, 11) is 1.66. The summed E-state index contributed by atoms with van der Waals surface area (Å²) in [6.07, 6.45) is 0.243. The molecule has 0 fully saturated rings. The molecule has 42 heavy (non-hydrogen) atoms. The Morgan fingerprint density at radius 2 is 0.667 bits per heavy atom. The van der Waals surface area contributed by atoms with Crippen molar-refractivity contribution < 1.29 is 52.2 Å². The molecule has 0 heterocycles. The first kappa shape index (κ1) is 40.9. The Hall–Kier alpha value is -1.15. The van der Waals surface area contributed by atoms with Crippen LogP contribution in [0.15, 0.2) is 12.7 Å². The number of hydrogen-bond donors (Lipinski definition) is 0. The summed E-state index contributed by atoms with van der Waals surface area (Å²) in [6.45, 7) is 24.9. The Labute approximate surface area is 254 Å². The minimum absolute atomic E-state index is 0.0234. The van der Waals surface area contributed by atoms with Crippen molar-refractivity contribution in [1.29, 1.82) is 0 Å². The van der Waals surface area contributed by atoms with Gasteiger partial charge in [-0.15, -0.1) is 0 Å². The van der Waals surface area contributed by atoms with Crippen LogP contribution in [0.3, 0.4) is 0 Å². The van der Waals surface area contributed by atoms with Gasteiger partial charge in [0.15, 0.2) is 0 Å². The lowest BCUT2D eigenvalue weighted by Crippen LogP contribution is -2.30. The molecule has 0 N–H and O–H groups in total. The van der Waals surface area contributed by atoms with Crippen LogP contribution >= 0.6 is 0 Å². The fourth-order valence-corrected chi connectivity index (χ4v) is 3.30. The lowest BCUT2D eigenvalue weighted by molar-refractivity contribution is -0.147. The minimum atomic E-state index is -0.464. The van der Waals surface area contributed by atoms with Crippen LogP contribution in [0, 0.1) is 0 Å². The lowest BCUT2D eigenvalue weighted by Gasteiger charge is -2.23. The molecule has 11 heteroatoms. The second-order valence-electron chi connectivity index (χ2n) is 11.1. The predicted molar refractivity (Wildman–Crippen MR) is 161 cm³/mol. The van der Waals surface area contributed by atoms with Crippen molar-refractivity contribution in [1.82, 2.24) is 0 Å². The molecule has 0 rings (SSSR count). The van der Waals surface area contributed by atoms with E-state index in [4.69, 9.17) is 47.4 Å². The van der Waals surface area contributed by atoms with E-state index in [1.165, 1.54) is 0 Å². The highest BCUT2D eigenvalue weighted by Gasteiger charge is 2.15. The number of esters is 1. The van der Waals surface area contributed by atoms with Gasteiger partial charge in [0.2, 0.25) is 0 Å². The number of rotatable bonds is 28. The Balaban J connectivity index is 3.91. The topological polar surface area (TPSA) is 109 Å². The third kappa shape index (κ3) is 24.3. The van der Waals surface area contributed by atoms with E-state index in [-0.39, 0.29) is 61.5 Å². The molecule has 0 aromatic carbocycles. The van der Waals surface area contributed by atoms with Crippen LogP contribution in [0.5, 0.6) is 0 Å². The fourth-order valence-electron chi connectivity index (χ4n) is 3.30. The molecule has 0 saturated carbocycles. The lowest BCUT2D eigenvalue weighted by atomic mass is 10.3. The Morgan fingerprint density at radius 3 is 0.881 bits per heavy atom. The van der Waals surface area contributed by atoms with Crippen LogP contribution in [0.4, 0.5) is 0 Å². The molecular formula is C31H60O11. The first-order valence-electron chi connectivity index (χ1n) is 15.1. The van der Waals surface area contributed by atoms with Gasteiger partial charge < -0.3 is 47.4 Å². The molecule has 0 radical (unpaired) electrons. The number of carbonyl (C=O) groups excluding carboxylic acids is 1. The molecule has 0 saturated heterocycles. The van der Waals surface area contributed by atoms with Gasteiger partial charge in [-0.1, -0.05) is 6.58 Å².